The van der Waals surface area contributed by atoms with E-state index in [4.69, 9.17) is 11.5 Å². The minimum absolute atomic E-state index is 0.0974. The predicted octanol–water partition coefficient (Wildman–Crippen LogP) is 0.864. The summed E-state index contributed by atoms with van der Waals surface area (Å²) >= 11 is 0. The lowest BCUT2D eigenvalue weighted by molar-refractivity contribution is -0.385. The fraction of sp³-hybridized carbons (Fsp3) is 0.400. The van der Waals surface area contributed by atoms with Crippen LogP contribution in [0.3, 0.4) is 0 Å². The van der Waals surface area contributed by atoms with E-state index in [1.807, 2.05) is 0 Å². The highest BCUT2D eigenvalue weighted by atomic mass is 16.6. The molecule has 2 aliphatic carbocycles. The second-order valence-corrected chi connectivity index (χ2v) is 7.02. The largest absolute Gasteiger partial charge is 0.388 e. The molecule has 1 aromatic carbocycles. The summed E-state index contributed by atoms with van der Waals surface area (Å²) in [5.41, 5.74) is 11.9. The molecule has 0 saturated heterocycles. The monoisotopic (exact) mass is 399 g/mol. The van der Waals surface area contributed by atoms with Crippen LogP contribution in [-0.4, -0.2) is 42.7 Å². The number of nitrogens with zero attached hydrogens (tertiary/aromatic N) is 1. The molecule has 0 aliphatic heterocycles. The summed E-state index contributed by atoms with van der Waals surface area (Å²) in [5, 5.41) is 17.9. The van der Waals surface area contributed by atoms with Gasteiger partial charge in [-0.15, -0.1) is 0 Å². The van der Waals surface area contributed by atoms with Crippen LogP contribution >= 0.6 is 0 Å². The topological polar surface area (TPSA) is 153 Å². The Bertz CT molecular complexity index is 893. The van der Waals surface area contributed by atoms with Crippen LogP contribution in [0, 0.1) is 22.0 Å². The number of hydrogen-bond donors (Lipinski definition) is 4. The first-order valence-corrected chi connectivity index (χ1v) is 9.66. The molecule has 0 bridgehead atoms. The van der Waals surface area contributed by atoms with Gasteiger partial charge in [0.1, 0.15) is 5.56 Å². The van der Waals surface area contributed by atoms with Crippen LogP contribution in [0.25, 0.3) is 0 Å². The summed E-state index contributed by atoms with van der Waals surface area (Å²) in [4.78, 5) is 37.6. The zero-order valence-electron chi connectivity index (χ0n) is 16.0. The minimum atomic E-state index is -0.834. The molecule has 29 heavy (non-hydrogen) atoms. The molecule has 0 radical (unpaired) electrons. The molecule has 9 heteroatoms. The molecule has 3 rings (SSSR count). The van der Waals surface area contributed by atoms with E-state index in [1.54, 1.807) is 12.2 Å². The van der Waals surface area contributed by atoms with Crippen LogP contribution in [0.1, 0.15) is 33.6 Å². The van der Waals surface area contributed by atoms with Crippen LogP contribution in [0.5, 0.6) is 0 Å². The lowest BCUT2D eigenvalue weighted by Crippen LogP contribution is -2.46. The fourth-order valence-electron chi connectivity index (χ4n) is 3.82. The zero-order valence-corrected chi connectivity index (χ0v) is 16.0. The average molecular weight is 399 g/mol. The smallest absolute Gasteiger partial charge is 0.280 e. The SMILES string of the molecule is NCCCNC1=CC=C(NCCCN)C2C(=O)c3c(cccc3[N+](=O)[O-])C(=O)C12. The lowest BCUT2D eigenvalue weighted by atomic mass is 9.69. The van der Waals surface area contributed by atoms with Crippen molar-refractivity contribution >= 4 is 17.3 Å². The molecule has 0 spiro atoms. The number of nitro benzene ring substituents is 1. The number of rotatable bonds is 9. The number of carbonyl (C=O) groups excluding carboxylic acids is 2. The number of benzene rings is 1. The Morgan fingerprint density at radius 3 is 2.00 bits per heavy atom. The molecule has 154 valence electrons. The van der Waals surface area contributed by atoms with E-state index in [2.05, 4.69) is 10.6 Å². The van der Waals surface area contributed by atoms with E-state index in [0.717, 1.165) is 0 Å². The first kappa shape index (κ1) is 20.7. The Balaban J connectivity index is 2.05. The van der Waals surface area contributed by atoms with Crippen LogP contribution < -0.4 is 22.1 Å². The second-order valence-electron chi connectivity index (χ2n) is 7.02. The zero-order chi connectivity index (χ0) is 21.0. The molecule has 2 unspecified atom stereocenters. The van der Waals surface area contributed by atoms with Crippen LogP contribution in [0.4, 0.5) is 5.69 Å². The Labute approximate surface area is 168 Å². The van der Waals surface area contributed by atoms with E-state index in [0.29, 0.717) is 50.4 Å². The number of nitrogens with two attached hydrogens (primary N) is 2. The fourth-order valence-corrected chi connectivity index (χ4v) is 3.82. The number of Topliss-reactive ketones (excluding diaryl/α,β-unsaturated/α-hetero) is 2. The Morgan fingerprint density at radius 1 is 0.931 bits per heavy atom. The maximum atomic E-state index is 13.4. The molecular formula is C20H25N5O4. The molecule has 0 fully saturated rings. The van der Waals surface area contributed by atoms with Gasteiger partial charge in [-0.1, -0.05) is 12.1 Å². The molecule has 2 aliphatic rings. The summed E-state index contributed by atoms with van der Waals surface area (Å²) in [6.07, 6.45) is 4.95. The van der Waals surface area contributed by atoms with Gasteiger partial charge in [0.25, 0.3) is 5.69 Å². The lowest BCUT2D eigenvalue weighted by Gasteiger charge is -2.36. The van der Waals surface area contributed by atoms with Gasteiger partial charge >= 0.3 is 0 Å². The van der Waals surface area contributed by atoms with Crippen LogP contribution in [0.2, 0.25) is 0 Å². The Morgan fingerprint density at radius 2 is 1.48 bits per heavy atom. The average Bonchev–Trinajstić information content (AvgIpc) is 2.72. The van der Waals surface area contributed by atoms with Crippen LogP contribution in [-0.2, 0) is 0 Å². The van der Waals surface area contributed by atoms with Gasteiger partial charge in [0.2, 0.25) is 0 Å². The van der Waals surface area contributed by atoms with Gasteiger partial charge in [-0.3, -0.25) is 19.7 Å². The van der Waals surface area contributed by atoms with Crippen molar-refractivity contribution in [1.82, 2.24) is 10.6 Å². The highest BCUT2D eigenvalue weighted by Gasteiger charge is 2.48. The van der Waals surface area contributed by atoms with E-state index in [9.17, 15) is 19.7 Å². The summed E-state index contributed by atoms with van der Waals surface area (Å²) in [6.45, 7) is 2.09. The highest BCUT2D eigenvalue weighted by molar-refractivity contribution is 6.19. The third kappa shape index (κ3) is 3.92. The van der Waals surface area contributed by atoms with Gasteiger partial charge in [0.05, 0.1) is 16.8 Å². The number of nitrogens with one attached hydrogen (secondary N) is 2. The molecule has 2 atom stereocenters. The van der Waals surface area contributed by atoms with E-state index < -0.39 is 22.5 Å². The molecule has 6 N–H and O–H groups in total. The molecule has 0 aromatic heterocycles. The van der Waals surface area contributed by atoms with Crippen molar-refractivity contribution < 1.29 is 14.5 Å². The van der Waals surface area contributed by atoms with E-state index in [-0.39, 0.29) is 22.6 Å². The number of allylic oxidation sites excluding steroid dienone is 4. The highest BCUT2D eigenvalue weighted by Crippen LogP contribution is 2.42. The van der Waals surface area contributed by atoms with Crippen molar-refractivity contribution in [3.63, 3.8) is 0 Å². The molecule has 1 aromatic rings. The number of carbonyl (C=O) groups is 2. The number of nitro groups is 1. The van der Waals surface area contributed by atoms with Crippen molar-refractivity contribution in [2.24, 2.45) is 23.3 Å². The van der Waals surface area contributed by atoms with Gasteiger partial charge in [0, 0.05) is 36.1 Å². The molecule has 0 heterocycles. The number of hydrogen-bond acceptors (Lipinski definition) is 8. The van der Waals surface area contributed by atoms with Gasteiger partial charge in [-0.25, -0.2) is 0 Å². The van der Waals surface area contributed by atoms with Crippen molar-refractivity contribution in [3.05, 3.63) is 63.0 Å². The van der Waals surface area contributed by atoms with Crippen molar-refractivity contribution in [2.45, 2.75) is 12.8 Å². The number of ketones is 2. The van der Waals surface area contributed by atoms with Crippen molar-refractivity contribution in [2.75, 3.05) is 26.2 Å². The van der Waals surface area contributed by atoms with Gasteiger partial charge in [-0.05, 0) is 38.1 Å². The van der Waals surface area contributed by atoms with E-state index >= 15 is 0 Å². The molecular weight excluding hydrogens is 374 g/mol. The normalized spacial score (nSPS) is 20.3. The first-order chi connectivity index (χ1) is 14.0. The maximum absolute atomic E-state index is 13.4. The molecule has 0 amide bonds. The van der Waals surface area contributed by atoms with Crippen molar-refractivity contribution in [3.8, 4) is 0 Å². The number of fused-ring (bicyclic) bond motifs is 2. The van der Waals surface area contributed by atoms with Gasteiger partial charge < -0.3 is 22.1 Å². The second kappa shape index (κ2) is 8.97. The predicted molar refractivity (Wildman–Crippen MR) is 108 cm³/mol. The first-order valence-electron chi connectivity index (χ1n) is 9.66. The summed E-state index contributed by atoms with van der Waals surface area (Å²) in [5.74, 6) is -2.31. The minimum Gasteiger partial charge on any atom is -0.388 e. The summed E-state index contributed by atoms with van der Waals surface area (Å²) < 4.78 is 0. The van der Waals surface area contributed by atoms with Gasteiger partial charge in [-0.2, -0.15) is 0 Å². The summed E-state index contributed by atoms with van der Waals surface area (Å²) in [7, 11) is 0. The molecule has 0 saturated carbocycles. The third-order valence-electron chi connectivity index (χ3n) is 5.18. The quantitative estimate of drug-likeness (QED) is 0.271. The van der Waals surface area contributed by atoms with Crippen molar-refractivity contribution in [1.29, 1.82) is 0 Å². The standard InChI is InChI=1S/C20H25N5O4/c21-8-2-10-23-13-6-7-14(24-11-3-9-22)18-17(13)19(26)12-4-1-5-15(25(28)29)16(12)20(18)27/h1,4-7,17-18,23-24H,2-3,8-11,21-22H2. The maximum Gasteiger partial charge on any atom is 0.280 e. The Hall–Kier alpha value is -3.04. The van der Waals surface area contributed by atoms with E-state index in [1.165, 1.54) is 18.2 Å². The van der Waals surface area contributed by atoms with Gasteiger partial charge in [0.15, 0.2) is 11.6 Å². The third-order valence-corrected chi connectivity index (χ3v) is 5.18. The molecule has 9 nitrogen and oxygen atoms in total. The summed E-state index contributed by atoms with van der Waals surface area (Å²) in [6, 6.07) is 4.18. The Kier molecular flexibility index (Phi) is 6.40. The van der Waals surface area contributed by atoms with Crippen LogP contribution in [0.15, 0.2) is 41.7 Å².